The van der Waals surface area contributed by atoms with Crippen LogP contribution in [0.4, 0.5) is 4.39 Å². The van der Waals surface area contributed by atoms with E-state index in [0.717, 1.165) is 24.8 Å². The van der Waals surface area contributed by atoms with E-state index in [4.69, 9.17) is 0 Å². The Hall–Kier alpha value is -2.63. The fourth-order valence-corrected chi connectivity index (χ4v) is 3.74. The molecule has 5 nitrogen and oxygen atoms in total. The first-order valence-electron chi connectivity index (χ1n) is 9.45. The van der Waals surface area contributed by atoms with Gasteiger partial charge in [0, 0.05) is 12.6 Å². The zero-order valence-corrected chi connectivity index (χ0v) is 16.0. The third kappa shape index (κ3) is 3.89. The fraction of sp³-hybridized carbons (Fsp3) is 0.429. The molecule has 1 saturated carbocycles. The van der Waals surface area contributed by atoms with E-state index in [1.165, 1.54) is 22.9 Å². The number of aromatic nitrogens is 1. The smallest absolute Gasteiger partial charge is 0.269 e. The maximum absolute atomic E-state index is 13.7. The maximum atomic E-state index is 13.7. The van der Waals surface area contributed by atoms with Crippen molar-refractivity contribution in [2.45, 2.75) is 46.1 Å². The summed E-state index contributed by atoms with van der Waals surface area (Å²) in [7, 11) is 0. The molecule has 0 radical (unpaired) electrons. The van der Waals surface area contributed by atoms with Gasteiger partial charge in [0.05, 0.1) is 17.3 Å². The lowest BCUT2D eigenvalue weighted by Gasteiger charge is -2.35. The van der Waals surface area contributed by atoms with Gasteiger partial charge in [0.15, 0.2) is 0 Å². The lowest BCUT2D eigenvalue weighted by Crippen LogP contribution is -2.39. The monoisotopic (exact) mass is 371 g/mol. The molecule has 2 N–H and O–H groups in total. The van der Waals surface area contributed by atoms with Gasteiger partial charge >= 0.3 is 0 Å². The van der Waals surface area contributed by atoms with Crippen molar-refractivity contribution >= 4 is 5.91 Å². The molecule has 1 amide bonds. The van der Waals surface area contributed by atoms with E-state index in [9.17, 15) is 14.0 Å². The van der Waals surface area contributed by atoms with Crippen molar-refractivity contribution in [1.29, 1.82) is 0 Å². The summed E-state index contributed by atoms with van der Waals surface area (Å²) in [6, 6.07) is 7.65. The van der Waals surface area contributed by atoms with Crippen molar-refractivity contribution in [2.24, 2.45) is 5.92 Å². The van der Waals surface area contributed by atoms with Crippen molar-refractivity contribution in [3.63, 3.8) is 0 Å². The number of pyridine rings is 1. The highest BCUT2D eigenvalue weighted by Crippen LogP contribution is 2.38. The minimum absolute atomic E-state index is 0.191. The van der Waals surface area contributed by atoms with Crippen LogP contribution in [0.15, 0.2) is 35.1 Å². The van der Waals surface area contributed by atoms with Crippen molar-refractivity contribution in [3.8, 4) is 0 Å². The number of amides is 1. The van der Waals surface area contributed by atoms with Crippen molar-refractivity contribution in [1.82, 2.24) is 9.99 Å². The lowest BCUT2D eigenvalue weighted by atomic mass is 9.77. The molecule has 6 heteroatoms. The summed E-state index contributed by atoms with van der Waals surface area (Å²) in [5.41, 5.74) is 5.26. The first kappa shape index (κ1) is 19.1. The molecule has 1 aromatic heterocycles. The van der Waals surface area contributed by atoms with Crippen LogP contribution in [0, 0.1) is 25.6 Å². The van der Waals surface area contributed by atoms with Crippen molar-refractivity contribution in [2.75, 3.05) is 12.0 Å². The Kier molecular flexibility index (Phi) is 5.63. The molecule has 1 aliphatic rings. The normalized spacial score (nSPS) is 15.1. The second kappa shape index (κ2) is 7.94. The molecule has 1 aromatic carbocycles. The number of halogens is 1. The first-order valence-corrected chi connectivity index (χ1v) is 9.45. The second-order valence-electron chi connectivity index (χ2n) is 7.17. The van der Waals surface area contributed by atoms with Gasteiger partial charge in [-0.1, -0.05) is 18.6 Å². The number of rotatable bonds is 6. The summed E-state index contributed by atoms with van der Waals surface area (Å²) in [6.45, 7) is 5.98. The average Bonchev–Trinajstić information content (AvgIpc) is 2.56. The predicted octanol–water partition coefficient (Wildman–Crippen LogP) is 3.44. The van der Waals surface area contributed by atoms with Gasteiger partial charge in [-0.05, 0) is 62.8 Å². The minimum atomic E-state index is -0.306. The van der Waals surface area contributed by atoms with Gasteiger partial charge in [-0.15, -0.1) is 0 Å². The molecule has 1 atom stereocenters. The average molecular weight is 371 g/mol. The third-order valence-corrected chi connectivity index (χ3v) is 5.31. The number of nitrogens with one attached hydrogen (secondary N) is 2. The molecule has 0 bridgehead atoms. The van der Waals surface area contributed by atoms with Gasteiger partial charge in [0.2, 0.25) is 0 Å². The summed E-state index contributed by atoms with van der Waals surface area (Å²) in [6.07, 6.45) is 3.14. The summed E-state index contributed by atoms with van der Waals surface area (Å²) in [4.78, 5) is 25.3. The van der Waals surface area contributed by atoms with E-state index in [1.54, 1.807) is 19.9 Å². The van der Waals surface area contributed by atoms with Crippen LogP contribution in [-0.2, 0) is 0 Å². The van der Waals surface area contributed by atoms with Crippen molar-refractivity contribution < 1.29 is 9.18 Å². The first-order chi connectivity index (χ1) is 12.9. The van der Waals surface area contributed by atoms with Gasteiger partial charge in [0.25, 0.3) is 11.5 Å². The Balaban J connectivity index is 1.95. The van der Waals surface area contributed by atoms with Gasteiger partial charge < -0.3 is 10.7 Å². The van der Waals surface area contributed by atoms with Crippen LogP contribution >= 0.6 is 0 Å². The Morgan fingerprint density at radius 2 is 2.04 bits per heavy atom. The molecule has 0 spiro atoms. The quantitative estimate of drug-likeness (QED) is 0.818. The highest BCUT2D eigenvalue weighted by atomic mass is 19.1. The number of aryl methyl sites for hydroxylation is 1. The number of hydrogen-bond acceptors (Lipinski definition) is 3. The zero-order valence-electron chi connectivity index (χ0n) is 16.0. The Morgan fingerprint density at radius 1 is 1.30 bits per heavy atom. The molecule has 144 valence electrons. The molecule has 27 heavy (non-hydrogen) atoms. The van der Waals surface area contributed by atoms with Crippen LogP contribution < -0.4 is 16.3 Å². The van der Waals surface area contributed by atoms with Gasteiger partial charge in [-0.3, -0.25) is 9.59 Å². The van der Waals surface area contributed by atoms with E-state index in [0.29, 0.717) is 29.3 Å². The van der Waals surface area contributed by atoms with Crippen LogP contribution in [0.25, 0.3) is 0 Å². The minimum Gasteiger partial charge on any atom is -0.345 e. The van der Waals surface area contributed by atoms with E-state index < -0.39 is 0 Å². The lowest BCUT2D eigenvalue weighted by molar-refractivity contribution is 0.0898. The zero-order chi connectivity index (χ0) is 19.6. The molecule has 1 heterocycles. The number of benzene rings is 1. The summed E-state index contributed by atoms with van der Waals surface area (Å²) in [5, 5.41) is 3.10. The van der Waals surface area contributed by atoms with Crippen LogP contribution in [0.2, 0.25) is 0 Å². The molecule has 1 fully saturated rings. The van der Waals surface area contributed by atoms with Crippen LogP contribution in [-0.4, -0.2) is 17.1 Å². The third-order valence-electron chi connectivity index (χ3n) is 5.31. The Labute approximate surface area is 158 Å². The predicted molar refractivity (Wildman–Crippen MR) is 104 cm³/mol. The van der Waals surface area contributed by atoms with Crippen LogP contribution in [0.1, 0.15) is 59.4 Å². The van der Waals surface area contributed by atoms with E-state index in [2.05, 4.69) is 10.7 Å². The molecular weight excluding hydrogens is 345 g/mol. The molecular formula is C21H26FN3O2. The summed E-state index contributed by atoms with van der Waals surface area (Å²) < 4.78 is 15.1. The molecule has 0 aliphatic heterocycles. The van der Waals surface area contributed by atoms with Gasteiger partial charge in [-0.2, -0.15) is 0 Å². The van der Waals surface area contributed by atoms with Gasteiger partial charge in [0.1, 0.15) is 5.82 Å². The van der Waals surface area contributed by atoms with E-state index >= 15 is 0 Å². The number of nitrogens with zero attached hydrogens (tertiary/aromatic N) is 1. The van der Waals surface area contributed by atoms with Gasteiger partial charge in [-0.25, -0.2) is 9.07 Å². The maximum Gasteiger partial charge on any atom is 0.269 e. The van der Waals surface area contributed by atoms with E-state index in [-0.39, 0.29) is 23.3 Å². The Bertz CT molecular complexity index is 903. The summed E-state index contributed by atoms with van der Waals surface area (Å²) in [5.74, 6) is -0.243. The summed E-state index contributed by atoms with van der Waals surface area (Å²) >= 11 is 0. The molecule has 1 aliphatic carbocycles. The van der Waals surface area contributed by atoms with Crippen LogP contribution in [0.3, 0.4) is 0 Å². The standard InChI is InChI=1S/C21H26FN3O2/c1-4-23-25-14(3)19(13(2)11-18(25)26)21(27)24-20(15-7-5-8-15)16-9-6-10-17(22)12-16/h6,9-12,15,20,23H,4-5,7-8H2,1-3H3,(H,24,27). The number of carbonyl (C=O) groups is 1. The highest BCUT2D eigenvalue weighted by molar-refractivity contribution is 5.97. The van der Waals surface area contributed by atoms with E-state index in [1.807, 2.05) is 13.0 Å². The van der Waals surface area contributed by atoms with Crippen LogP contribution in [0.5, 0.6) is 0 Å². The second-order valence-corrected chi connectivity index (χ2v) is 7.17. The van der Waals surface area contributed by atoms with Crippen molar-refractivity contribution in [3.05, 3.63) is 68.9 Å². The molecule has 1 unspecified atom stereocenters. The fourth-order valence-electron chi connectivity index (χ4n) is 3.74. The molecule has 0 saturated heterocycles. The SMILES string of the molecule is CCNn1c(C)c(C(=O)NC(c2cccc(F)c2)C2CCC2)c(C)cc1=O. The molecule has 2 aromatic rings. The largest absolute Gasteiger partial charge is 0.345 e. The number of carbonyl (C=O) groups excluding carboxylic acids is 1. The molecule has 3 rings (SSSR count). The number of hydrogen-bond donors (Lipinski definition) is 2. The topological polar surface area (TPSA) is 63.1 Å². The highest BCUT2D eigenvalue weighted by Gasteiger charge is 2.31. The Morgan fingerprint density at radius 3 is 2.63 bits per heavy atom.